The van der Waals surface area contributed by atoms with Crippen LogP contribution in [0.1, 0.15) is 54.6 Å². The Bertz CT molecular complexity index is 1310. The van der Waals surface area contributed by atoms with Crippen LogP contribution in [0.2, 0.25) is 0 Å². The number of fused-ring (bicyclic) bond motifs is 1. The minimum absolute atomic E-state index is 0.0364. The van der Waals surface area contributed by atoms with Crippen molar-refractivity contribution in [3.8, 4) is 0 Å². The maximum Gasteiger partial charge on any atom is 0.280 e. The first-order valence-corrected chi connectivity index (χ1v) is 13.6. The fourth-order valence-corrected chi connectivity index (χ4v) is 5.25. The lowest BCUT2D eigenvalue weighted by atomic mass is 10.1. The Labute approximate surface area is 223 Å². The van der Waals surface area contributed by atoms with Gasteiger partial charge in [-0.3, -0.25) is 14.4 Å². The first-order chi connectivity index (χ1) is 18.5. The zero-order valence-corrected chi connectivity index (χ0v) is 22.3. The average Bonchev–Trinajstić information content (AvgIpc) is 3.47. The number of amides is 1. The number of benzene rings is 1. The number of anilines is 2. The van der Waals surface area contributed by atoms with E-state index in [9.17, 15) is 9.59 Å². The van der Waals surface area contributed by atoms with Gasteiger partial charge in [-0.25, -0.2) is 10.5 Å². The summed E-state index contributed by atoms with van der Waals surface area (Å²) < 4.78 is 1.97. The van der Waals surface area contributed by atoms with Crippen molar-refractivity contribution in [3.05, 3.63) is 58.0 Å². The lowest BCUT2D eigenvalue weighted by Gasteiger charge is -2.32. The number of nitrogens with zero attached hydrogens (tertiary/aromatic N) is 5. The predicted octanol–water partition coefficient (Wildman–Crippen LogP) is 3.12. The quantitative estimate of drug-likeness (QED) is 0.416. The molecular weight excluding hydrogens is 482 g/mol. The molecule has 2 aliphatic rings. The number of carbonyl (C=O) groups excluding carboxylic acids is 1. The molecule has 10 heteroatoms. The molecule has 10 nitrogen and oxygen atoms in total. The number of hydroxylamine groups is 1. The summed E-state index contributed by atoms with van der Waals surface area (Å²) in [5.41, 5.74) is 4.69. The Morgan fingerprint density at radius 1 is 1.11 bits per heavy atom. The second-order valence-electron chi connectivity index (χ2n) is 10.2. The molecule has 1 amide bonds. The Hall–Kier alpha value is -3.34. The maximum absolute atomic E-state index is 13.2. The highest BCUT2D eigenvalue weighted by atomic mass is 16.6. The number of hydrogen-bond acceptors (Lipinski definition) is 8. The summed E-state index contributed by atoms with van der Waals surface area (Å²) in [4.78, 5) is 44.8. The Balaban J connectivity index is 1.34. The van der Waals surface area contributed by atoms with Crippen molar-refractivity contribution in [3.63, 3.8) is 0 Å². The van der Waals surface area contributed by atoms with Gasteiger partial charge in [-0.15, -0.1) is 0 Å². The molecule has 0 radical (unpaired) electrons. The standard InChI is InChI=1S/C28H37N7O3/c1-3-38-32-27(37)24-19-35(22-6-4-5-7-22)26-23(25(24)36)18-29-28(31-26)30-21-10-8-20(9-11-21)12-13-34-16-14-33(2)15-17-34/h8-11,18-19,22H,3-7,12-17H2,1-2H3,(H,32,37)(H,29,30,31). The van der Waals surface area contributed by atoms with Gasteiger partial charge in [0.1, 0.15) is 11.2 Å². The molecule has 5 rings (SSSR count). The summed E-state index contributed by atoms with van der Waals surface area (Å²) in [5, 5.41) is 3.61. The minimum atomic E-state index is -0.555. The molecule has 1 aromatic carbocycles. The molecule has 2 fully saturated rings. The van der Waals surface area contributed by atoms with Crippen LogP contribution in [0.5, 0.6) is 0 Å². The minimum Gasteiger partial charge on any atom is -0.328 e. The van der Waals surface area contributed by atoms with Crippen molar-refractivity contribution < 1.29 is 9.63 Å². The molecule has 0 unspecified atom stereocenters. The number of rotatable bonds is 9. The molecule has 2 aromatic heterocycles. The molecule has 3 heterocycles. The Morgan fingerprint density at radius 3 is 2.55 bits per heavy atom. The van der Waals surface area contributed by atoms with Gasteiger partial charge >= 0.3 is 0 Å². The molecule has 1 aliphatic carbocycles. The highest BCUT2D eigenvalue weighted by molar-refractivity contribution is 5.96. The molecule has 1 saturated heterocycles. The van der Waals surface area contributed by atoms with E-state index in [1.165, 1.54) is 11.8 Å². The van der Waals surface area contributed by atoms with Crippen LogP contribution in [0.25, 0.3) is 11.0 Å². The number of pyridine rings is 1. The van der Waals surface area contributed by atoms with Gasteiger partial charge in [-0.2, -0.15) is 4.98 Å². The predicted molar refractivity (Wildman–Crippen MR) is 148 cm³/mol. The third-order valence-corrected chi connectivity index (χ3v) is 7.57. The largest absolute Gasteiger partial charge is 0.328 e. The first kappa shape index (κ1) is 26.3. The third kappa shape index (κ3) is 6.03. The lowest BCUT2D eigenvalue weighted by Crippen LogP contribution is -2.45. The number of likely N-dealkylation sites (N-methyl/N-ethyl adjacent to an activating group) is 1. The van der Waals surface area contributed by atoms with Crippen molar-refractivity contribution in [2.75, 3.05) is 51.7 Å². The maximum atomic E-state index is 13.2. The lowest BCUT2D eigenvalue weighted by molar-refractivity contribution is 0.0363. The first-order valence-electron chi connectivity index (χ1n) is 13.6. The molecule has 0 bridgehead atoms. The van der Waals surface area contributed by atoms with Crippen LogP contribution in [-0.2, 0) is 11.3 Å². The summed E-state index contributed by atoms with van der Waals surface area (Å²) in [5.74, 6) is -0.138. The molecule has 202 valence electrons. The van der Waals surface area contributed by atoms with Gasteiger partial charge in [0.05, 0.1) is 12.0 Å². The van der Waals surface area contributed by atoms with E-state index < -0.39 is 11.3 Å². The van der Waals surface area contributed by atoms with E-state index in [0.717, 1.165) is 70.5 Å². The Kier molecular flexibility index (Phi) is 8.31. The van der Waals surface area contributed by atoms with E-state index in [4.69, 9.17) is 9.82 Å². The SMILES string of the molecule is CCONC(=O)c1cn(C2CCCC2)c2nc(Nc3ccc(CCN4CCN(C)CC4)cc3)ncc2c1=O. The van der Waals surface area contributed by atoms with Gasteiger partial charge in [-0.05, 0) is 50.9 Å². The summed E-state index contributed by atoms with van der Waals surface area (Å²) in [6, 6.07) is 8.53. The number of nitrogens with one attached hydrogen (secondary N) is 2. The van der Waals surface area contributed by atoms with Crippen LogP contribution >= 0.6 is 0 Å². The van der Waals surface area contributed by atoms with E-state index in [1.54, 1.807) is 13.1 Å². The van der Waals surface area contributed by atoms with Gasteiger partial charge in [0.25, 0.3) is 5.91 Å². The van der Waals surface area contributed by atoms with Crippen molar-refractivity contribution in [1.29, 1.82) is 0 Å². The normalized spacial score (nSPS) is 17.2. The molecular formula is C28H37N7O3. The van der Waals surface area contributed by atoms with Crippen molar-refractivity contribution in [2.45, 2.75) is 45.1 Å². The fourth-order valence-electron chi connectivity index (χ4n) is 5.25. The zero-order chi connectivity index (χ0) is 26.5. The van der Waals surface area contributed by atoms with Crippen LogP contribution < -0.4 is 16.2 Å². The van der Waals surface area contributed by atoms with Gasteiger partial charge < -0.3 is 19.7 Å². The number of hydrogen-bond donors (Lipinski definition) is 2. The van der Waals surface area contributed by atoms with E-state index in [1.807, 2.05) is 16.7 Å². The topological polar surface area (TPSA) is 105 Å². The molecule has 0 atom stereocenters. The van der Waals surface area contributed by atoms with Gasteiger partial charge in [-0.1, -0.05) is 25.0 Å². The van der Waals surface area contributed by atoms with Crippen LogP contribution in [0.15, 0.2) is 41.5 Å². The van der Waals surface area contributed by atoms with Gasteiger partial charge in [0, 0.05) is 56.8 Å². The molecule has 38 heavy (non-hydrogen) atoms. The summed E-state index contributed by atoms with van der Waals surface area (Å²) in [6.45, 7) is 7.65. The number of aromatic nitrogens is 3. The summed E-state index contributed by atoms with van der Waals surface area (Å²) >= 11 is 0. The monoisotopic (exact) mass is 519 g/mol. The van der Waals surface area contributed by atoms with E-state index in [-0.39, 0.29) is 11.6 Å². The van der Waals surface area contributed by atoms with Gasteiger partial charge in [0.2, 0.25) is 11.4 Å². The number of carbonyl (C=O) groups is 1. The van der Waals surface area contributed by atoms with Crippen LogP contribution in [0.4, 0.5) is 11.6 Å². The van der Waals surface area contributed by atoms with E-state index >= 15 is 0 Å². The summed E-state index contributed by atoms with van der Waals surface area (Å²) in [7, 11) is 2.18. The van der Waals surface area contributed by atoms with Crippen molar-refractivity contribution in [1.82, 2.24) is 29.8 Å². The Morgan fingerprint density at radius 2 is 1.84 bits per heavy atom. The third-order valence-electron chi connectivity index (χ3n) is 7.57. The smallest absolute Gasteiger partial charge is 0.280 e. The molecule has 0 spiro atoms. The molecule has 2 N–H and O–H groups in total. The fraction of sp³-hybridized carbons (Fsp3) is 0.500. The van der Waals surface area contributed by atoms with E-state index in [0.29, 0.717) is 23.6 Å². The second-order valence-corrected chi connectivity index (χ2v) is 10.2. The van der Waals surface area contributed by atoms with Crippen LogP contribution in [0.3, 0.4) is 0 Å². The van der Waals surface area contributed by atoms with Crippen molar-refractivity contribution >= 4 is 28.6 Å². The summed E-state index contributed by atoms with van der Waals surface area (Å²) in [6.07, 6.45) is 8.33. The van der Waals surface area contributed by atoms with Gasteiger partial charge in [0.15, 0.2) is 0 Å². The molecule has 1 saturated carbocycles. The van der Waals surface area contributed by atoms with E-state index in [2.05, 4.69) is 44.8 Å². The second kappa shape index (κ2) is 12.0. The highest BCUT2D eigenvalue weighted by Crippen LogP contribution is 2.31. The van der Waals surface area contributed by atoms with Crippen molar-refractivity contribution in [2.24, 2.45) is 0 Å². The van der Waals surface area contributed by atoms with Crippen LogP contribution in [0, 0.1) is 0 Å². The number of piperazine rings is 1. The average molecular weight is 520 g/mol. The van der Waals surface area contributed by atoms with Crippen LogP contribution in [-0.4, -0.2) is 76.6 Å². The highest BCUT2D eigenvalue weighted by Gasteiger charge is 2.23. The molecule has 3 aromatic rings. The zero-order valence-electron chi connectivity index (χ0n) is 22.3. The molecule has 1 aliphatic heterocycles.